The van der Waals surface area contributed by atoms with Gasteiger partial charge in [-0.15, -0.1) is 0 Å². The summed E-state index contributed by atoms with van der Waals surface area (Å²) in [5.74, 6) is 0. The molecule has 6 heteroatoms. The first kappa shape index (κ1) is 23.4. The first-order valence-electron chi connectivity index (χ1n) is 13.0. The van der Waals surface area contributed by atoms with Crippen molar-refractivity contribution in [1.82, 2.24) is 14.5 Å². The molecule has 6 rings (SSSR count). The van der Waals surface area contributed by atoms with Crippen LogP contribution in [0, 0.1) is 6.92 Å². The van der Waals surface area contributed by atoms with Crippen LogP contribution in [0.5, 0.6) is 0 Å². The van der Waals surface area contributed by atoms with E-state index < -0.39 is 0 Å². The molecule has 2 aliphatic carbocycles. The van der Waals surface area contributed by atoms with Crippen LogP contribution in [0.3, 0.4) is 0 Å². The number of nitrogens with zero attached hydrogens (tertiary/aromatic N) is 4. The van der Waals surface area contributed by atoms with Crippen LogP contribution in [0.2, 0.25) is 0 Å². The minimum absolute atomic E-state index is 0.262. The summed E-state index contributed by atoms with van der Waals surface area (Å²) in [7, 11) is 1.81. The van der Waals surface area contributed by atoms with E-state index in [2.05, 4.69) is 75.5 Å². The van der Waals surface area contributed by atoms with Gasteiger partial charge in [0.1, 0.15) is 0 Å². The van der Waals surface area contributed by atoms with E-state index in [0.29, 0.717) is 6.10 Å². The number of hydrogen-bond acceptors (Lipinski definition) is 5. The highest BCUT2D eigenvalue weighted by atomic mass is 16.5. The van der Waals surface area contributed by atoms with Gasteiger partial charge in [0.2, 0.25) is 0 Å². The third-order valence-electron chi connectivity index (χ3n) is 7.29. The highest BCUT2D eigenvalue weighted by Crippen LogP contribution is 2.31. The van der Waals surface area contributed by atoms with Gasteiger partial charge in [0.05, 0.1) is 57.0 Å². The van der Waals surface area contributed by atoms with E-state index in [-0.39, 0.29) is 6.04 Å². The van der Waals surface area contributed by atoms with Gasteiger partial charge in [0.25, 0.3) is 0 Å². The Bertz CT molecular complexity index is 1570. The van der Waals surface area contributed by atoms with Crippen LogP contribution < -0.4 is 10.7 Å². The summed E-state index contributed by atoms with van der Waals surface area (Å²) in [4.78, 5) is 14.8. The number of nitrogens with one attached hydrogen (secondary N) is 1. The summed E-state index contributed by atoms with van der Waals surface area (Å²) in [6.07, 6.45) is 6.29. The Morgan fingerprint density at radius 2 is 1.68 bits per heavy atom. The van der Waals surface area contributed by atoms with Crippen LogP contribution in [0.15, 0.2) is 90.1 Å². The molecule has 2 aromatic carbocycles. The molecule has 0 amide bonds. The van der Waals surface area contributed by atoms with E-state index >= 15 is 0 Å². The van der Waals surface area contributed by atoms with Crippen molar-refractivity contribution in [2.75, 3.05) is 12.4 Å². The maximum absolute atomic E-state index is 5.60. The number of methoxy groups -OCH3 is 1. The van der Waals surface area contributed by atoms with Crippen molar-refractivity contribution in [3.8, 4) is 17.1 Å². The number of fused-ring (bicyclic) bond motifs is 2. The zero-order valence-electron chi connectivity index (χ0n) is 21.3. The molecule has 1 saturated carbocycles. The number of ether oxygens (including phenoxy) is 1. The second kappa shape index (κ2) is 10.1. The summed E-state index contributed by atoms with van der Waals surface area (Å²) >= 11 is 0. The molecular formula is C31H31N5O. The average molecular weight is 490 g/mol. The predicted octanol–water partition coefficient (Wildman–Crippen LogP) is 6.44. The van der Waals surface area contributed by atoms with Crippen molar-refractivity contribution < 1.29 is 4.74 Å². The normalized spacial score (nSPS) is 18.4. The molecule has 186 valence electrons. The minimum Gasteiger partial charge on any atom is -0.381 e. The quantitative estimate of drug-likeness (QED) is 0.289. The molecule has 1 fully saturated rings. The zero-order chi connectivity index (χ0) is 25.2. The molecule has 1 aliphatic heterocycles. The number of pyridine rings is 1. The van der Waals surface area contributed by atoms with Crippen molar-refractivity contribution in [3.05, 3.63) is 96.1 Å². The standard InChI is InChI=1S/C31H31N5O/c1-21-25(12-8-18-32-21)34-27-19-29-31(20-28(27)33-22-14-16-24(37-2)17-15-22)36(23-9-4-3-5-10-23)30-13-7-6-11-26(30)35-29/h3-13,18-20,22,24,34H,14-17H2,1-2H3. The summed E-state index contributed by atoms with van der Waals surface area (Å²) in [5.41, 5.74) is 7.91. The Kier molecular flexibility index (Phi) is 6.41. The van der Waals surface area contributed by atoms with Gasteiger partial charge in [0.15, 0.2) is 0 Å². The van der Waals surface area contributed by atoms with Crippen LogP contribution in [-0.2, 0) is 4.74 Å². The Hall–Kier alpha value is -4.03. The van der Waals surface area contributed by atoms with Gasteiger partial charge in [0, 0.05) is 19.0 Å². The van der Waals surface area contributed by atoms with Crippen molar-refractivity contribution in [3.63, 3.8) is 0 Å². The van der Waals surface area contributed by atoms with Crippen LogP contribution >= 0.6 is 0 Å². The third kappa shape index (κ3) is 4.72. The molecule has 1 aromatic heterocycles. The van der Waals surface area contributed by atoms with E-state index in [0.717, 1.165) is 76.2 Å². The SMILES string of the molecule is COC1CCC(N=c2cc3n(-c4ccccc4)c4ccccc4nc-3cc2Nc2cccnc2C)CC1. The lowest BCUT2D eigenvalue weighted by Crippen LogP contribution is -2.25. The zero-order valence-corrected chi connectivity index (χ0v) is 21.3. The largest absolute Gasteiger partial charge is 0.381 e. The predicted molar refractivity (Wildman–Crippen MR) is 149 cm³/mol. The van der Waals surface area contributed by atoms with E-state index in [1.807, 2.05) is 38.4 Å². The van der Waals surface area contributed by atoms with E-state index in [1.165, 1.54) is 0 Å². The summed E-state index contributed by atoms with van der Waals surface area (Å²) in [6.45, 7) is 2.02. The van der Waals surface area contributed by atoms with Gasteiger partial charge in [-0.25, -0.2) is 4.98 Å². The Morgan fingerprint density at radius 3 is 2.46 bits per heavy atom. The lowest BCUT2D eigenvalue weighted by molar-refractivity contribution is 0.0663. The van der Waals surface area contributed by atoms with Crippen molar-refractivity contribution in [2.45, 2.75) is 44.8 Å². The molecular weight excluding hydrogens is 458 g/mol. The number of anilines is 2. The summed E-state index contributed by atoms with van der Waals surface area (Å²) in [5, 5.41) is 4.56. The lowest BCUT2D eigenvalue weighted by Gasteiger charge is -2.25. The Morgan fingerprint density at radius 1 is 0.892 bits per heavy atom. The molecule has 1 N–H and O–H groups in total. The van der Waals surface area contributed by atoms with Gasteiger partial charge in [-0.05, 0) is 81.1 Å². The van der Waals surface area contributed by atoms with Gasteiger partial charge in [-0.1, -0.05) is 30.3 Å². The van der Waals surface area contributed by atoms with Crippen molar-refractivity contribution in [1.29, 1.82) is 0 Å². The number of para-hydroxylation sites is 3. The summed E-state index contributed by atoms with van der Waals surface area (Å²) in [6, 6.07) is 27.4. The Balaban J connectivity index is 1.58. The number of aromatic nitrogens is 3. The fraction of sp³-hybridized carbons (Fsp3) is 0.258. The van der Waals surface area contributed by atoms with E-state index in [4.69, 9.17) is 14.7 Å². The van der Waals surface area contributed by atoms with Crippen molar-refractivity contribution >= 4 is 22.4 Å². The second-order valence-electron chi connectivity index (χ2n) is 9.69. The highest BCUT2D eigenvalue weighted by Gasteiger charge is 2.21. The van der Waals surface area contributed by atoms with Crippen molar-refractivity contribution in [2.24, 2.45) is 4.99 Å². The molecule has 2 heterocycles. The van der Waals surface area contributed by atoms with Crippen LogP contribution in [0.25, 0.3) is 28.1 Å². The number of rotatable bonds is 5. The van der Waals surface area contributed by atoms with Gasteiger partial charge in [-0.2, -0.15) is 0 Å². The van der Waals surface area contributed by atoms with E-state index in [1.54, 1.807) is 0 Å². The maximum Gasteiger partial charge on any atom is 0.0900 e. The first-order chi connectivity index (χ1) is 18.2. The molecule has 3 aliphatic rings. The van der Waals surface area contributed by atoms with Gasteiger partial charge >= 0.3 is 0 Å². The second-order valence-corrected chi connectivity index (χ2v) is 9.69. The minimum atomic E-state index is 0.262. The van der Waals surface area contributed by atoms with Crippen LogP contribution in [0.1, 0.15) is 31.4 Å². The molecule has 6 nitrogen and oxygen atoms in total. The monoisotopic (exact) mass is 489 g/mol. The average Bonchev–Trinajstić information content (AvgIpc) is 2.94. The van der Waals surface area contributed by atoms with Gasteiger partial charge in [-0.3, -0.25) is 9.98 Å². The smallest absolute Gasteiger partial charge is 0.0900 e. The molecule has 0 bridgehead atoms. The maximum atomic E-state index is 5.60. The Labute approximate surface area is 217 Å². The van der Waals surface area contributed by atoms with Crippen LogP contribution in [0.4, 0.5) is 11.4 Å². The first-order valence-corrected chi connectivity index (χ1v) is 13.0. The number of hydrogen-bond donors (Lipinski definition) is 1. The number of benzene rings is 3. The fourth-order valence-corrected chi connectivity index (χ4v) is 5.27. The molecule has 3 aromatic rings. The molecule has 37 heavy (non-hydrogen) atoms. The lowest BCUT2D eigenvalue weighted by atomic mass is 9.93. The molecule has 0 spiro atoms. The molecule has 0 saturated heterocycles. The van der Waals surface area contributed by atoms with E-state index in [9.17, 15) is 0 Å². The topological polar surface area (TPSA) is 64.3 Å². The molecule has 0 atom stereocenters. The fourth-order valence-electron chi connectivity index (χ4n) is 5.27. The van der Waals surface area contributed by atoms with Crippen LogP contribution in [-0.4, -0.2) is 33.8 Å². The third-order valence-corrected chi connectivity index (χ3v) is 7.29. The molecule has 0 unspecified atom stereocenters. The highest BCUT2D eigenvalue weighted by molar-refractivity contribution is 5.84. The summed E-state index contributed by atoms with van der Waals surface area (Å²) < 4.78 is 7.89. The number of aryl methyl sites for hydroxylation is 1. The van der Waals surface area contributed by atoms with Gasteiger partial charge < -0.3 is 14.6 Å². The molecule has 0 radical (unpaired) electrons.